The highest BCUT2D eigenvalue weighted by molar-refractivity contribution is 7.17. The normalized spacial score (nSPS) is 30.1. The van der Waals surface area contributed by atoms with Crippen molar-refractivity contribution in [3.63, 3.8) is 0 Å². The van der Waals surface area contributed by atoms with Crippen molar-refractivity contribution in [3.05, 3.63) is 16.6 Å². The predicted molar refractivity (Wildman–Crippen MR) is 106 cm³/mol. The monoisotopic (exact) mass is 392 g/mol. The van der Waals surface area contributed by atoms with Crippen molar-refractivity contribution in [3.8, 4) is 0 Å². The Labute approximate surface area is 163 Å². The third-order valence-corrected chi connectivity index (χ3v) is 7.57. The van der Waals surface area contributed by atoms with Gasteiger partial charge in [-0.2, -0.15) is 0 Å². The molecule has 0 bridgehead atoms. The Morgan fingerprint density at radius 2 is 1.96 bits per heavy atom. The van der Waals surface area contributed by atoms with Crippen LogP contribution in [-0.4, -0.2) is 54.0 Å². The molecule has 0 radical (unpaired) electrons. The molecule has 0 aromatic carbocycles. The summed E-state index contributed by atoms with van der Waals surface area (Å²) in [6, 6.07) is 2.54. The van der Waals surface area contributed by atoms with Crippen LogP contribution < -0.4 is 5.32 Å². The molecule has 1 saturated carbocycles. The molecule has 0 amide bonds. The Morgan fingerprint density at radius 1 is 1.19 bits per heavy atom. The molecule has 1 N–H and O–H groups in total. The lowest BCUT2D eigenvalue weighted by atomic mass is 10.00. The molecule has 5 nitrogen and oxygen atoms in total. The minimum Gasteiger partial charge on any atom is -0.381 e. The van der Waals surface area contributed by atoms with Crippen LogP contribution in [0.4, 0.5) is 5.82 Å². The van der Waals surface area contributed by atoms with E-state index in [-0.39, 0.29) is 0 Å². The summed E-state index contributed by atoms with van der Waals surface area (Å²) in [5.74, 6) is 3.40. The number of ether oxygens (including phenoxy) is 1. The zero-order chi connectivity index (χ0) is 17.5. The summed E-state index contributed by atoms with van der Waals surface area (Å²) in [5.41, 5.74) is 0. The Bertz CT molecular complexity index is 764. The minimum absolute atomic E-state index is 0.499. The summed E-state index contributed by atoms with van der Waals surface area (Å²) in [5, 5.41) is 15.7. The molecule has 0 spiro atoms. The molecule has 5 rings (SSSR count). The van der Waals surface area contributed by atoms with Gasteiger partial charge in [0, 0.05) is 44.3 Å². The summed E-state index contributed by atoms with van der Waals surface area (Å²) in [6.45, 7) is 5.71. The van der Waals surface area contributed by atoms with Gasteiger partial charge in [0.05, 0.1) is 4.70 Å². The van der Waals surface area contributed by atoms with Crippen molar-refractivity contribution in [1.29, 1.82) is 0 Å². The Hall–Kier alpha value is -0.950. The zero-order valence-electron chi connectivity index (χ0n) is 14.9. The van der Waals surface area contributed by atoms with Crippen LogP contribution >= 0.6 is 22.9 Å². The van der Waals surface area contributed by atoms with Crippen LogP contribution in [0.1, 0.15) is 25.7 Å². The first-order valence-electron chi connectivity index (χ1n) is 9.72. The first kappa shape index (κ1) is 17.2. The fraction of sp³-hybridized carbons (Fsp3) is 0.684. The van der Waals surface area contributed by atoms with Crippen LogP contribution in [0.2, 0.25) is 5.15 Å². The van der Waals surface area contributed by atoms with E-state index in [1.807, 2.05) is 6.07 Å². The first-order chi connectivity index (χ1) is 12.8. The minimum atomic E-state index is 0.499. The molecule has 2 aliphatic heterocycles. The van der Waals surface area contributed by atoms with Gasteiger partial charge in [0.1, 0.15) is 0 Å². The summed E-state index contributed by atoms with van der Waals surface area (Å²) >= 11 is 7.84. The van der Waals surface area contributed by atoms with Crippen molar-refractivity contribution in [1.82, 2.24) is 15.1 Å². The van der Waals surface area contributed by atoms with Crippen molar-refractivity contribution >= 4 is 38.8 Å². The highest BCUT2D eigenvalue weighted by Crippen LogP contribution is 2.41. The third kappa shape index (κ3) is 3.33. The van der Waals surface area contributed by atoms with Crippen LogP contribution in [0.25, 0.3) is 10.1 Å². The van der Waals surface area contributed by atoms with Crippen molar-refractivity contribution < 1.29 is 4.74 Å². The number of likely N-dealkylation sites (tertiary alicyclic amines) is 1. The van der Waals surface area contributed by atoms with E-state index in [2.05, 4.69) is 25.8 Å². The highest BCUT2D eigenvalue weighted by Gasteiger charge is 2.41. The molecule has 26 heavy (non-hydrogen) atoms. The molecule has 1 unspecified atom stereocenters. The van der Waals surface area contributed by atoms with Gasteiger partial charge >= 0.3 is 0 Å². The van der Waals surface area contributed by atoms with Crippen LogP contribution in [0, 0.1) is 17.8 Å². The SMILES string of the molecule is Clc1nnc(NC2C[C@@H]3CN(CC4CCOCC4)C[C@@H]3C2)c2sccc12. The molecule has 3 fully saturated rings. The van der Waals surface area contributed by atoms with Gasteiger partial charge in [-0.25, -0.2) is 0 Å². The number of hydrogen-bond acceptors (Lipinski definition) is 6. The molecule has 3 aliphatic rings. The average molecular weight is 393 g/mol. The van der Waals surface area contributed by atoms with E-state index in [0.717, 1.165) is 46.9 Å². The molecule has 140 valence electrons. The first-order valence-corrected chi connectivity index (χ1v) is 11.0. The van der Waals surface area contributed by atoms with Crippen molar-refractivity contribution in [2.45, 2.75) is 31.7 Å². The van der Waals surface area contributed by atoms with E-state index in [1.54, 1.807) is 11.3 Å². The maximum Gasteiger partial charge on any atom is 0.167 e. The van der Waals surface area contributed by atoms with Gasteiger partial charge in [-0.3, -0.25) is 0 Å². The molecule has 1 aliphatic carbocycles. The number of rotatable bonds is 4. The van der Waals surface area contributed by atoms with Crippen LogP contribution in [-0.2, 0) is 4.74 Å². The van der Waals surface area contributed by atoms with E-state index >= 15 is 0 Å². The summed E-state index contributed by atoms with van der Waals surface area (Å²) < 4.78 is 6.62. The third-order valence-electron chi connectivity index (χ3n) is 6.37. The van der Waals surface area contributed by atoms with E-state index in [4.69, 9.17) is 16.3 Å². The van der Waals surface area contributed by atoms with E-state index in [1.165, 1.54) is 45.3 Å². The summed E-state index contributed by atoms with van der Waals surface area (Å²) in [6.07, 6.45) is 4.96. The van der Waals surface area contributed by atoms with Crippen LogP contribution in [0.3, 0.4) is 0 Å². The van der Waals surface area contributed by atoms with Crippen LogP contribution in [0.15, 0.2) is 11.4 Å². The highest BCUT2D eigenvalue weighted by atomic mass is 35.5. The van der Waals surface area contributed by atoms with Gasteiger partial charge < -0.3 is 15.0 Å². The number of thiophene rings is 1. The largest absolute Gasteiger partial charge is 0.381 e. The lowest BCUT2D eigenvalue weighted by Gasteiger charge is -2.27. The summed E-state index contributed by atoms with van der Waals surface area (Å²) in [7, 11) is 0. The van der Waals surface area contributed by atoms with Gasteiger partial charge in [0.2, 0.25) is 0 Å². The number of anilines is 1. The van der Waals surface area contributed by atoms with Gasteiger partial charge in [0.15, 0.2) is 11.0 Å². The zero-order valence-corrected chi connectivity index (χ0v) is 16.4. The Balaban J connectivity index is 1.19. The topological polar surface area (TPSA) is 50.3 Å². The Morgan fingerprint density at radius 3 is 2.73 bits per heavy atom. The number of aromatic nitrogens is 2. The molecule has 2 aromatic heterocycles. The van der Waals surface area contributed by atoms with Gasteiger partial charge in [-0.15, -0.1) is 21.5 Å². The van der Waals surface area contributed by atoms with E-state index < -0.39 is 0 Å². The fourth-order valence-electron chi connectivity index (χ4n) is 5.09. The molecular formula is C19H25ClN4OS. The van der Waals surface area contributed by atoms with Crippen molar-refractivity contribution in [2.24, 2.45) is 17.8 Å². The number of fused-ring (bicyclic) bond motifs is 2. The van der Waals surface area contributed by atoms with Crippen molar-refractivity contribution in [2.75, 3.05) is 38.2 Å². The molecule has 7 heteroatoms. The molecular weight excluding hydrogens is 368 g/mol. The van der Waals surface area contributed by atoms with E-state index in [9.17, 15) is 0 Å². The second-order valence-corrected chi connectivity index (χ2v) is 9.38. The lowest BCUT2D eigenvalue weighted by molar-refractivity contribution is 0.0545. The number of nitrogens with one attached hydrogen (secondary N) is 1. The number of halogens is 1. The van der Waals surface area contributed by atoms with Gasteiger partial charge in [0.25, 0.3) is 0 Å². The molecule has 3 atom stereocenters. The van der Waals surface area contributed by atoms with E-state index in [0.29, 0.717) is 11.2 Å². The van der Waals surface area contributed by atoms with Gasteiger partial charge in [-0.05, 0) is 54.9 Å². The standard InChI is InChI=1S/C19H25ClN4OS/c20-18-16-3-6-26-17(16)19(23-22-18)21-15-7-13-10-24(11-14(13)8-15)9-12-1-4-25-5-2-12/h3,6,12-15H,1-2,4-5,7-11H2,(H,21,23)/t13-,14+,15?. The predicted octanol–water partition coefficient (Wildman–Crippen LogP) is 3.89. The van der Waals surface area contributed by atoms with Crippen LogP contribution in [0.5, 0.6) is 0 Å². The smallest absolute Gasteiger partial charge is 0.167 e. The quantitative estimate of drug-likeness (QED) is 0.855. The number of nitrogens with zero attached hydrogens (tertiary/aromatic N) is 3. The Kier molecular flexibility index (Phi) is 4.77. The maximum atomic E-state index is 6.15. The lowest BCUT2D eigenvalue weighted by Crippen LogP contribution is -2.32. The second-order valence-electron chi connectivity index (χ2n) is 8.11. The molecule has 2 saturated heterocycles. The molecule has 2 aromatic rings. The number of hydrogen-bond donors (Lipinski definition) is 1. The maximum absolute atomic E-state index is 6.15. The average Bonchev–Trinajstić information content (AvgIpc) is 3.33. The van der Waals surface area contributed by atoms with Gasteiger partial charge in [-0.1, -0.05) is 11.6 Å². The second kappa shape index (κ2) is 7.23. The molecule has 4 heterocycles. The fourth-order valence-corrected chi connectivity index (χ4v) is 6.19. The summed E-state index contributed by atoms with van der Waals surface area (Å²) in [4.78, 5) is 2.71.